The quantitative estimate of drug-likeness (QED) is 0.176. The highest BCUT2D eigenvalue weighted by molar-refractivity contribution is 6.33. The van der Waals surface area contributed by atoms with E-state index >= 15 is 0 Å². The maximum Gasteiger partial charge on any atom is 0.240 e. The molecule has 0 saturated carbocycles. The lowest BCUT2D eigenvalue weighted by Gasteiger charge is -2.17. The summed E-state index contributed by atoms with van der Waals surface area (Å²) in [4.78, 5) is 85.3. The van der Waals surface area contributed by atoms with Gasteiger partial charge in [0.25, 0.3) is 0 Å². The number of carbonyl (C=O) groups is 3. The van der Waals surface area contributed by atoms with Gasteiger partial charge in [-0.2, -0.15) is 15.0 Å². The maximum absolute atomic E-state index is 13.9. The van der Waals surface area contributed by atoms with E-state index in [-0.39, 0.29) is 33.8 Å². The average Bonchev–Trinajstić information content (AvgIpc) is 2.87. The Bertz CT molecular complexity index is 1400. The van der Waals surface area contributed by atoms with Gasteiger partial charge in [0, 0.05) is 16.7 Å². The number of hydrogen-bond acceptors (Lipinski definition) is 9. The molecule has 0 bridgehead atoms. The molecule has 0 aromatic heterocycles. The lowest BCUT2D eigenvalue weighted by Crippen LogP contribution is -2.33. The van der Waals surface area contributed by atoms with Gasteiger partial charge in [0.15, 0.2) is 17.3 Å². The van der Waals surface area contributed by atoms with Gasteiger partial charge in [-0.1, -0.05) is 34.9 Å². The van der Waals surface area contributed by atoms with E-state index in [1.165, 1.54) is 54.6 Å². The molecular formula is C28H19N3O6. The molecule has 9 nitrogen and oxygen atoms in total. The van der Waals surface area contributed by atoms with Gasteiger partial charge < -0.3 is 0 Å². The van der Waals surface area contributed by atoms with E-state index in [2.05, 4.69) is 15.0 Å². The molecule has 0 aliphatic carbocycles. The number of rotatable bonds is 9. The van der Waals surface area contributed by atoms with Crippen LogP contribution in [0.2, 0.25) is 0 Å². The van der Waals surface area contributed by atoms with Crippen molar-refractivity contribution < 1.29 is 28.8 Å². The van der Waals surface area contributed by atoms with Crippen LogP contribution in [0, 0.1) is 26.7 Å². The Morgan fingerprint density at radius 2 is 0.811 bits per heavy atom. The van der Waals surface area contributed by atoms with Crippen LogP contribution in [0.1, 0.15) is 47.8 Å². The van der Waals surface area contributed by atoms with E-state index in [4.69, 9.17) is 0 Å². The number of benzene rings is 3. The smallest absolute Gasteiger partial charge is 0.240 e. The van der Waals surface area contributed by atoms with Crippen molar-refractivity contribution in [3.05, 3.63) is 88.0 Å². The standard InChI is InChI=1S/C28H19N3O6/c1-16-4-7-22(29-13-32)19(10-16)26(35)25(27(36)20-11-17(2)5-8-23(20)30-14-33)28(37)21-12-18(3)6-9-24(21)31-15-34/h4-12,25H,1-3H3. The molecule has 0 aliphatic rings. The van der Waals surface area contributed by atoms with E-state index < -0.39 is 23.3 Å². The number of aryl methyl sites for hydroxylation is 3. The predicted molar refractivity (Wildman–Crippen MR) is 133 cm³/mol. The largest absolute Gasteiger partial charge is 0.293 e. The van der Waals surface area contributed by atoms with Gasteiger partial charge in [-0.05, 0) is 57.2 Å². The fourth-order valence-corrected chi connectivity index (χ4v) is 3.81. The molecule has 0 N–H and O–H groups in total. The van der Waals surface area contributed by atoms with E-state index in [0.717, 1.165) is 0 Å². The molecule has 9 heteroatoms. The van der Waals surface area contributed by atoms with Gasteiger partial charge >= 0.3 is 0 Å². The number of aliphatic imine (C=N–C) groups is 3. The Balaban J connectivity index is 2.33. The zero-order valence-electron chi connectivity index (χ0n) is 20.1. The zero-order chi connectivity index (χ0) is 27.1. The third kappa shape index (κ3) is 5.73. The summed E-state index contributed by atoms with van der Waals surface area (Å²) in [6.07, 6.45) is 4.09. The van der Waals surface area contributed by atoms with Crippen LogP contribution in [0.3, 0.4) is 0 Å². The Morgan fingerprint density at radius 3 is 1.05 bits per heavy atom. The fourth-order valence-electron chi connectivity index (χ4n) is 3.81. The molecule has 0 atom stereocenters. The summed E-state index contributed by atoms with van der Waals surface area (Å²) < 4.78 is 0. The van der Waals surface area contributed by atoms with E-state index in [0.29, 0.717) is 16.7 Å². The number of carbonyl (C=O) groups excluding carboxylic acids is 6. The molecular weight excluding hydrogens is 474 g/mol. The number of Topliss-reactive ketones (excluding diaryl/α,β-unsaturated/α-hetero) is 3. The van der Waals surface area contributed by atoms with Crippen molar-refractivity contribution in [3.63, 3.8) is 0 Å². The Kier molecular flexibility index (Phi) is 8.20. The number of ketones is 3. The van der Waals surface area contributed by atoms with Crippen molar-refractivity contribution in [2.24, 2.45) is 20.9 Å². The summed E-state index contributed by atoms with van der Waals surface area (Å²) in [6, 6.07) is 13.2. The van der Waals surface area contributed by atoms with Crippen LogP contribution in [0.25, 0.3) is 0 Å². The van der Waals surface area contributed by atoms with Crippen LogP contribution < -0.4 is 0 Å². The molecule has 0 unspecified atom stereocenters. The minimum atomic E-state index is -1.98. The lowest BCUT2D eigenvalue weighted by atomic mass is 9.82. The molecule has 37 heavy (non-hydrogen) atoms. The predicted octanol–water partition coefficient (Wildman–Crippen LogP) is 5.08. The van der Waals surface area contributed by atoms with Gasteiger partial charge in [-0.25, -0.2) is 14.4 Å². The highest BCUT2D eigenvalue weighted by atomic mass is 16.2. The minimum Gasteiger partial charge on any atom is -0.293 e. The van der Waals surface area contributed by atoms with E-state index in [9.17, 15) is 28.8 Å². The molecule has 0 radical (unpaired) electrons. The first-order chi connectivity index (χ1) is 17.7. The van der Waals surface area contributed by atoms with Gasteiger partial charge in [-0.3, -0.25) is 14.4 Å². The van der Waals surface area contributed by atoms with Crippen LogP contribution >= 0.6 is 0 Å². The summed E-state index contributed by atoms with van der Waals surface area (Å²) in [5.74, 6) is -4.82. The highest BCUT2D eigenvalue weighted by Crippen LogP contribution is 2.32. The van der Waals surface area contributed by atoms with Crippen molar-refractivity contribution in [1.29, 1.82) is 0 Å². The second kappa shape index (κ2) is 11.5. The Morgan fingerprint density at radius 1 is 0.541 bits per heavy atom. The van der Waals surface area contributed by atoms with Crippen molar-refractivity contribution in [1.82, 2.24) is 0 Å². The van der Waals surface area contributed by atoms with Crippen LogP contribution in [0.5, 0.6) is 0 Å². The molecule has 182 valence electrons. The molecule has 3 rings (SSSR count). The van der Waals surface area contributed by atoms with Gasteiger partial charge in [0.2, 0.25) is 18.2 Å². The zero-order valence-corrected chi connectivity index (χ0v) is 20.1. The molecule has 0 saturated heterocycles. The van der Waals surface area contributed by atoms with Crippen LogP contribution in [0.15, 0.2) is 69.6 Å². The average molecular weight is 493 g/mol. The van der Waals surface area contributed by atoms with Gasteiger partial charge in [0.05, 0.1) is 17.1 Å². The molecule has 0 spiro atoms. The number of nitrogens with zero attached hydrogens (tertiary/aromatic N) is 3. The van der Waals surface area contributed by atoms with Crippen molar-refractivity contribution in [3.8, 4) is 0 Å². The van der Waals surface area contributed by atoms with E-state index in [1.807, 2.05) is 0 Å². The topological polar surface area (TPSA) is 140 Å². The third-order valence-corrected chi connectivity index (χ3v) is 5.54. The van der Waals surface area contributed by atoms with Crippen LogP contribution in [0.4, 0.5) is 17.1 Å². The van der Waals surface area contributed by atoms with E-state index in [1.54, 1.807) is 39.0 Å². The summed E-state index contributed by atoms with van der Waals surface area (Å²) >= 11 is 0. The lowest BCUT2D eigenvalue weighted by molar-refractivity contribution is 0.0734. The SMILES string of the molecule is Cc1ccc(N=C=O)c(C(=O)C(C(=O)c2cc(C)ccc2N=C=O)C(=O)c2cc(C)ccc2N=C=O)c1. The molecule has 0 fully saturated rings. The molecule has 0 aliphatic heterocycles. The number of hydrogen-bond donors (Lipinski definition) is 0. The normalized spacial score (nSPS) is 10.8. The molecule has 0 heterocycles. The summed E-state index contributed by atoms with van der Waals surface area (Å²) in [5, 5.41) is 0. The fraction of sp³-hybridized carbons (Fsp3) is 0.143. The second-order valence-electron chi connectivity index (χ2n) is 8.20. The maximum atomic E-state index is 13.9. The van der Waals surface area contributed by atoms with Crippen molar-refractivity contribution in [2.45, 2.75) is 20.8 Å². The van der Waals surface area contributed by atoms with Gasteiger partial charge in [0.1, 0.15) is 5.92 Å². The highest BCUT2D eigenvalue weighted by Gasteiger charge is 2.39. The van der Waals surface area contributed by atoms with Crippen molar-refractivity contribution >= 4 is 52.7 Å². The van der Waals surface area contributed by atoms with Crippen LogP contribution in [-0.4, -0.2) is 35.6 Å². The number of isocyanates is 3. The third-order valence-electron chi connectivity index (χ3n) is 5.54. The summed E-state index contributed by atoms with van der Waals surface area (Å²) in [5.41, 5.74) is 1.11. The first-order valence-electron chi connectivity index (χ1n) is 10.9. The van der Waals surface area contributed by atoms with Gasteiger partial charge in [-0.15, -0.1) is 0 Å². The first kappa shape index (κ1) is 26.4. The minimum absolute atomic E-state index is 0.0815. The summed E-state index contributed by atoms with van der Waals surface area (Å²) in [6.45, 7) is 5.04. The van der Waals surface area contributed by atoms with Crippen molar-refractivity contribution in [2.75, 3.05) is 0 Å². The Labute approximate surface area is 211 Å². The first-order valence-corrected chi connectivity index (χ1v) is 10.9. The molecule has 3 aromatic rings. The van der Waals surface area contributed by atoms with Crippen LogP contribution in [-0.2, 0) is 14.4 Å². The monoisotopic (exact) mass is 493 g/mol. The second-order valence-corrected chi connectivity index (χ2v) is 8.20. The molecule has 3 aromatic carbocycles. The Hall–Kier alpha value is -5.19. The molecule has 0 amide bonds. The summed E-state index contributed by atoms with van der Waals surface area (Å²) in [7, 11) is 0.